The average Bonchev–Trinajstić information content (AvgIpc) is 3.37. The molecule has 2 aliphatic rings. The Kier molecular flexibility index (Phi) is 5.19. The molecule has 0 amide bonds. The van der Waals surface area contributed by atoms with Gasteiger partial charge in [0.25, 0.3) is 0 Å². The average molecular weight is 413 g/mol. The standard InChI is InChI=1S/C23H25ClN2OS/c24-19-6-5-18-16-26-10-1-4-21(26)23(27-22(18)15-19)17-7-11-25(12-8-17)13-9-20-3-2-14-28-20/h1-6,10,14-15,17,23H,7-9,11-13,16H2. The van der Waals surface area contributed by atoms with E-state index in [1.165, 1.54) is 29.0 Å². The summed E-state index contributed by atoms with van der Waals surface area (Å²) in [5, 5.41) is 2.91. The zero-order valence-electron chi connectivity index (χ0n) is 15.9. The molecule has 1 atom stereocenters. The maximum Gasteiger partial charge on any atom is 0.141 e. The van der Waals surface area contributed by atoms with E-state index >= 15 is 0 Å². The summed E-state index contributed by atoms with van der Waals surface area (Å²) in [6.45, 7) is 4.32. The van der Waals surface area contributed by atoms with E-state index in [2.05, 4.69) is 51.4 Å². The lowest BCUT2D eigenvalue weighted by Crippen LogP contribution is -2.38. The highest BCUT2D eigenvalue weighted by molar-refractivity contribution is 7.09. The fourth-order valence-corrected chi connectivity index (χ4v) is 5.38. The predicted molar refractivity (Wildman–Crippen MR) is 116 cm³/mol. The minimum absolute atomic E-state index is 0.106. The number of hydrogen-bond donors (Lipinski definition) is 0. The van der Waals surface area contributed by atoms with E-state index in [0.29, 0.717) is 5.92 Å². The predicted octanol–water partition coefficient (Wildman–Crippen LogP) is 5.64. The van der Waals surface area contributed by atoms with Crippen molar-refractivity contribution >= 4 is 22.9 Å². The molecule has 4 heterocycles. The first-order valence-electron chi connectivity index (χ1n) is 10.1. The summed E-state index contributed by atoms with van der Waals surface area (Å²) in [7, 11) is 0. The number of fused-ring (bicyclic) bond motifs is 2. The second kappa shape index (κ2) is 7.94. The SMILES string of the molecule is Clc1ccc2c(c1)OC(C1CCN(CCc3cccs3)CC1)c1cccn1C2. The highest BCUT2D eigenvalue weighted by Crippen LogP contribution is 2.39. The van der Waals surface area contributed by atoms with Crippen molar-refractivity contribution in [2.75, 3.05) is 19.6 Å². The quantitative estimate of drug-likeness (QED) is 0.551. The Labute approximate surface area is 175 Å². The Morgan fingerprint density at radius 2 is 2.00 bits per heavy atom. The number of aromatic nitrogens is 1. The van der Waals surface area contributed by atoms with Gasteiger partial charge < -0.3 is 14.2 Å². The minimum Gasteiger partial charge on any atom is -0.484 e. The van der Waals surface area contributed by atoms with Crippen LogP contribution < -0.4 is 4.74 Å². The lowest BCUT2D eigenvalue weighted by Gasteiger charge is -2.36. The molecule has 3 nitrogen and oxygen atoms in total. The van der Waals surface area contributed by atoms with Gasteiger partial charge in [0.15, 0.2) is 0 Å². The number of piperidine rings is 1. The Morgan fingerprint density at radius 1 is 1.11 bits per heavy atom. The molecule has 0 bridgehead atoms. The molecule has 1 fully saturated rings. The number of halogens is 1. The molecule has 3 aromatic rings. The second-order valence-electron chi connectivity index (χ2n) is 7.86. The molecule has 28 heavy (non-hydrogen) atoms. The van der Waals surface area contributed by atoms with Crippen LogP contribution in [0.5, 0.6) is 5.75 Å². The van der Waals surface area contributed by atoms with Crippen molar-refractivity contribution in [1.82, 2.24) is 9.47 Å². The molecule has 2 aromatic heterocycles. The van der Waals surface area contributed by atoms with Crippen molar-refractivity contribution in [2.45, 2.75) is 31.9 Å². The van der Waals surface area contributed by atoms with E-state index in [-0.39, 0.29) is 6.10 Å². The summed E-state index contributed by atoms with van der Waals surface area (Å²) in [4.78, 5) is 4.09. The van der Waals surface area contributed by atoms with E-state index in [4.69, 9.17) is 16.3 Å². The maximum absolute atomic E-state index is 6.59. The van der Waals surface area contributed by atoms with E-state index < -0.39 is 0 Å². The van der Waals surface area contributed by atoms with Gasteiger partial charge in [-0.15, -0.1) is 11.3 Å². The number of hydrogen-bond acceptors (Lipinski definition) is 3. The van der Waals surface area contributed by atoms with Gasteiger partial charge in [-0.25, -0.2) is 0 Å². The third kappa shape index (κ3) is 3.73. The minimum atomic E-state index is 0.106. The zero-order chi connectivity index (χ0) is 18.9. The highest BCUT2D eigenvalue weighted by Gasteiger charge is 2.33. The monoisotopic (exact) mass is 412 g/mol. The lowest BCUT2D eigenvalue weighted by atomic mass is 9.89. The van der Waals surface area contributed by atoms with Gasteiger partial charge in [0.2, 0.25) is 0 Å². The number of thiophene rings is 1. The molecule has 0 radical (unpaired) electrons. The molecule has 1 aromatic carbocycles. The van der Waals surface area contributed by atoms with Gasteiger partial charge in [-0.05, 0) is 68.1 Å². The molecule has 146 valence electrons. The Balaban J connectivity index is 1.29. The van der Waals surface area contributed by atoms with Crippen molar-refractivity contribution < 1.29 is 4.74 Å². The zero-order valence-corrected chi connectivity index (χ0v) is 17.5. The molecule has 0 saturated carbocycles. The fourth-order valence-electron chi connectivity index (χ4n) is 4.52. The molecule has 1 unspecified atom stereocenters. The summed E-state index contributed by atoms with van der Waals surface area (Å²) >= 11 is 8.12. The molecular formula is C23H25ClN2OS. The van der Waals surface area contributed by atoms with Crippen LogP contribution in [0.25, 0.3) is 0 Å². The molecule has 0 N–H and O–H groups in total. The van der Waals surface area contributed by atoms with Crippen LogP contribution in [-0.4, -0.2) is 29.1 Å². The Hall–Kier alpha value is -1.75. The smallest absolute Gasteiger partial charge is 0.141 e. The summed E-state index contributed by atoms with van der Waals surface area (Å²) in [6, 6.07) is 14.8. The van der Waals surface area contributed by atoms with Crippen molar-refractivity contribution in [1.29, 1.82) is 0 Å². The molecular weight excluding hydrogens is 388 g/mol. The topological polar surface area (TPSA) is 17.4 Å². The van der Waals surface area contributed by atoms with Crippen molar-refractivity contribution in [3.63, 3.8) is 0 Å². The van der Waals surface area contributed by atoms with Crippen LogP contribution in [-0.2, 0) is 13.0 Å². The lowest BCUT2D eigenvalue weighted by molar-refractivity contribution is 0.0745. The van der Waals surface area contributed by atoms with Crippen molar-refractivity contribution in [2.24, 2.45) is 5.92 Å². The van der Waals surface area contributed by atoms with Crippen LogP contribution in [0, 0.1) is 5.92 Å². The summed E-state index contributed by atoms with van der Waals surface area (Å²) < 4.78 is 8.93. The Morgan fingerprint density at radius 3 is 2.82 bits per heavy atom. The first-order valence-corrected chi connectivity index (χ1v) is 11.4. The highest BCUT2D eigenvalue weighted by atomic mass is 35.5. The van der Waals surface area contributed by atoms with Gasteiger partial charge in [-0.2, -0.15) is 0 Å². The van der Waals surface area contributed by atoms with E-state index in [1.807, 2.05) is 23.5 Å². The van der Waals surface area contributed by atoms with Crippen LogP contribution in [0.15, 0.2) is 54.0 Å². The number of ether oxygens (including phenoxy) is 1. The molecule has 5 heteroatoms. The second-order valence-corrected chi connectivity index (χ2v) is 9.33. The Bertz CT molecular complexity index is 928. The van der Waals surface area contributed by atoms with Crippen LogP contribution in [0.2, 0.25) is 5.02 Å². The summed E-state index contributed by atoms with van der Waals surface area (Å²) in [6.07, 6.45) is 5.80. The first-order chi connectivity index (χ1) is 13.8. The van der Waals surface area contributed by atoms with Gasteiger partial charge in [0.05, 0.1) is 12.2 Å². The molecule has 2 aliphatic heterocycles. The van der Waals surface area contributed by atoms with E-state index in [0.717, 1.165) is 43.4 Å². The van der Waals surface area contributed by atoms with Gasteiger partial charge in [-0.1, -0.05) is 23.7 Å². The molecule has 5 rings (SSSR count). The third-order valence-electron chi connectivity index (χ3n) is 6.09. The number of benzene rings is 1. The molecule has 1 saturated heterocycles. The van der Waals surface area contributed by atoms with Gasteiger partial charge in [0, 0.05) is 34.1 Å². The van der Waals surface area contributed by atoms with Crippen molar-refractivity contribution in [3.8, 4) is 5.75 Å². The van der Waals surface area contributed by atoms with Crippen LogP contribution >= 0.6 is 22.9 Å². The largest absolute Gasteiger partial charge is 0.484 e. The summed E-state index contributed by atoms with van der Waals surface area (Å²) in [5.74, 6) is 1.48. The molecule has 0 spiro atoms. The van der Waals surface area contributed by atoms with Gasteiger partial charge in [-0.3, -0.25) is 0 Å². The maximum atomic E-state index is 6.59. The van der Waals surface area contributed by atoms with E-state index in [1.54, 1.807) is 0 Å². The normalized spacial score (nSPS) is 20.2. The van der Waals surface area contributed by atoms with Crippen LogP contribution in [0.1, 0.15) is 35.1 Å². The van der Waals surface area contributed by atoms with Crippen LogP contribution in [0.4, 0.5) is 0 Å². The van der Waals surface area contributed by atoms with Gasteiger partial charge >= 0.3 is 0 Å². The van der Waals surface area contributed by atoms with Crippen molar-refractivity contribution in [3.05, 3.63) is 75.2 Å². The summed E-state index contributed by atoms with van der Waals surface area (Å²) in [5.41, 5.74) is 2.50. The number of likely N-dealkylation sites (tertiary alicyclic amines) is 1. The fraction of sp³-hybridized carbons (Fsp3) is 0.391. The number of nitrogens with zero attached hydrogens (tertiary/aromatic N) is 2. The van der Waals surface area contributed by atoms with E-state index in [9.17, 15) is 0 Å². The first kappa shape index (κ1) is 18.3. The van der Waals surface area contributed by atoms with Crippen LogP contribution in [0.3, 0.4) is 0 Å². The third-order valence-corrected chi connectivity index (χ3v) is 7.27. The molecule has 0 aliphatic carbocycles. The number of rotatable bonds is 4. The van der Waals surface area contributed by atoms with Gasteiger partial charge in [0.1, 0.15) is 11.9 Å².